The first-order valence-corrected chi connectivity index (χ1v) is 6.33. The van der Waals surface area contributed by atoms with Gasteiger partial charge in [0.15, 0.2) is 0 Å². The van der Waals surface area contributed by atoms with Crippen LogP contribution in [0.4, 0.5) is 0 Å². The molecule has 2 nitrogen and oxygen atoms in total. The second kappa shape index (κ2) is 5.86. The summed E-state index contributed by atoms with van der Waals surface area (Å²) in [7, 11) is 10.4. The van der Waals surface area contributed by atoms with E-state index in [-0.39, 0.29) is 11.2 Å². The van der Waals surface area contributed by atoms with Gasteiger partial charge in [-0.1, -0.05) is 31.5 Å². The van der Waals surface area contributed by atoms with Gasteiger partial charge in [0.2, 0.25) is 0 Å². The normalized spacial score (nSPS) is 36.0. The van der Waals surface area contributed by atoms with E-state index in [1.54, 1.807) is 0 Å². The van der Waals surface area contributed by atoms with Gasteiger partial charge in [0, 0.05) is 5.92 Å². The second-order valence-corrected chi connectivity index (χ2v) is 5.90. The Hall–Kier alpha value is -0.305. The highest BCUT2D eigenvalue weighted by Crippen LogP contribution is 2.43. The number of carbonyl (C=O) groups is 1. The number of rotatable bonds is 4. The topological polar surface area (TPSA) is 20.3 Å². The highest BCUT2D eigenvalue weighted by Gasteiger charge is 2.31. The molecule has 0 bridgehead atoms. The van der Waals surface area contributed by atoms with Crippen LogP contribution in [0.3, 0.4) is 0 Å². The molecule has 16 heavy (non-hydrogen) atoms. The molecule has 0 spiro atoms. The molecule has 2 radical (unpaired) electrons. The molecule has 1 fully saturated rings. The molecule has 0 aromatic carbocycles. The Balaban J connectivity index is 2.61. The van der Waals surface area contributed by atoms with Gasteiger partial charge in [-0.25, -0.2) is 0 Å². The number of aldehydes is 1. The van der Waals surface area contributed by atoms with Crippen LogP contribution in [-0.4, -0.2) is 39.7 Å². The molecule has 3 atom stereocenters. The molecule has 0 aliphatic heterocycles. The van der Waals surface area contributed by atoms with Gasteiger partial charge in [0.05, 0.1) is 7.85 Å². The summed E-state index contributed by atoms with van der Waals surface area (Å²) in [5.74, 6) is 0.697. The van der Waals surface area contributed by atoms with Crippen LogP contribution in [0.2, 0.25) is 5.31 Å². The van der Waals surface area contributed by atoms with Crippen LogP contribution in [0.25, 0.3) is 0 Å². The van der Waals surface area contributed by atoms with Crippen LogP contribution in [0.15, 0.2) is 0 Å². The maximum atomic E-state index is 11.1. The Kier molecular flexibility index (Phi) is 5.04. The third-order valence-corrected chi connectivity index (χ3v) is 3.74. The first-order chi connectivity index (χ1) is 7.44. The molecule has 0 saturated heterocycles. The first-order valence-electron chi connectivity index (χ1n) is 6.33. The summed E-state index contributed by atoms with van der Waals surface area (Å²) in [6.45, 7) is 3.17. The SMILES string of the molecule is [B]C1(C)CCCC(C=O)C(CCN(C)C)C1. The van der Waals surface area contributed by atoms with E-state index in [1.807, 2.05) is 0 Å². The fourth-order valence-electron chi connectivity index (χ4n) is 2.75. The summed E-state index contributed by atoms with van der Waals surface area (Å²) in [4.78, 5) is 13.3. The van der Waals surface area contributed by atoms with Crippen LogP contribution in [0, 0.1) is 11.8 Å². The van der Waals surface area contributed by atoms with E-state index in [4.69, 9.17) is 7.85 Å². The third-order valence-electron chi connectivity index (χ3n) is 3.74. The molecule has 0 N–H and O–H groups in total. The highest BCUT2D eigenvalue weighted by atomic mass is 16.1. The average Bonchev–Trinajstić information content (AvgIpc) is 2.33. The van der Waals surface area contributed by atoms with Gasteiger partial charge in [-0.3, -0.25) is 0 Å². The minimum atomic E-state index is -0.0747. The van der Waals surface area contributed by atoms with Crippen molar-refractivity contribution in [1.82, 2.24) is 4.90 Å². The zero-order valence-electron chi connectivity index (χ0n) is 10.9. The molecular formula is C13H24BNO. The lowest BCUT2D eigenvalue weighted by Crippen LogP contribution is -2.24. The minimum absolute atomic E-state index is 0.0747. The monoisotopic (exact) mass is 221 g/mol. The van der Waals surface area contributed by atoms with E-state index < -0.39 is 0 Å². The summed E-state index contributed by atoms with van der Waals surface area (Å²) < 4.78 is 0. The third kappa shape index (κ3) is 4.29. The van der Waals surface area contributed by atoms with Gasteiger partial charge < -0.3 is 9.69 Å². The quantitative estimate of drug-likeness (QED) is 0.412. The van der Waals surface area contributed by atoms with Gasteiger partial charge in [-0.15, -0.1) is 0 Å². The molecule has 3 heteroatoms. The Labute approximate surface area is 101 Å². The van der Waals surface area contributed by atoms with Gasteiger partial charge in [-0.05, 0) is 39.4 Å². The van der Waals surface area contributed by atoms with Gasteiger partial charge in [0.1, 0.15) is 6.29 Å². The molecule has 0 aromatic heterocycles. The van der Waals surface area contributed by atoms with Crippen molar-refractivity contribution in [2.75, 3.05) is 20.6 Å². The van der Waals surface area contributed by atoms with Crippen molar-refractivity contribution in [2.24, 2.45) is 11.8 Å². The smallest absolute Gasteiger partial charge is 0.123 e. The highest BCUT2D eigenvalue weighted by molar-refractivity contribution is 6.14. The van der Waals surface area contributed by atoms with E-state index in [9.17, 15) is 4.79 Å². The van der Waals surface area contributed by atoms with E-state index in [0.717, 1.165) is 44.9 Å². The Morgan fingerprint density at radius 2 is 2.19 bits per heavy atom. The summed E-state index contributed by atoms with van der Waals surface area (Å²) >= 11 is 0. The molecular weight excluding hydrogens is 197 g/mol. The van der Waals surface area contributed by atoms with Crippen LogP contribution >= 0.6 is 0 Å². The number of carbonyl (C=O) groups excluding carboxylic acids is 1. The van der Waals surface area contributed by atoms with E-state index in [1.165, 1.54) is 0 Å². The molecule has 1 aliphatic carbocycles. The van der Waals surface area contributed by atoms with Crippen molar-refractivity contribution >= 4 is 14.1 Å². The molecule has 1 saturated carbocycles. The Morgan fingerprint density at radius 3 is 2.75 bits per heavy atom. The molecule has 1 aliphatic rings. The Bertz CT molecular complexity index is 228. The molecule has 0 aromatic rings. The molecule has 3 unspecified atom stereocenters. The van der Waals surface area contributed by atoms with Crippen molar-refractivity contribution in [1.29, 1.82) is 0 Å². The summed E-state index contributed by atoms with van der Waals surface area (Å²) in [6.07, 6.45) is 6.40. The maximum absolute atomic E-state index is 11.1. The average molecular weight is 221 g/mol. The van der Waals surface area contributed by atoms with Crippen LogP contribution in [0.1, 0.15) is 39.0 Å². The number of hydrogen-bond acceptors (Lipinski definition) is 2. The number of nitrogens with zero attached hydrogens (tertiary/aromatic N) is 1. The summed E-state index contributed by atoms with van der Waals surface area (Å²) in [5.41, 5.74) is 0. The van der Waals surface area contributed by atoms with Crippen molar-refractivity contribution in [3.8, 4) is 0 Å². The van der Waals surface area contributed by atoms with Crippen LogP contribution < -0.4 is 0 Å². The fraction of sp³-hybridized carbons (Fsp3) is 0.923. The van der Waals surface area contributed by atoms with Crippen molar-refractivity contribution < 1.29 is 4.79 Å². The zero-order chi connectivity index (χ0) is 12.2. The van der Waals surface area contributed by atoms with Crippen molar-refractivity contribution in [2.45, 2.75) is 44.3 Å². The summed E-state index contributed by atoms with van der Waals surface area (Å²) in [6, 6.07) is 0. The lowest BCUT2D eigenvalue weighted by Gasteiger charge is -2.29. The van der Waals surface area contributed by atoms with Gasteiger partial charge in [0.25, 0.3) is 0 Å². The molecule has 90 valence electrons. The van der Waals surface area contributed by atoms with Gasteiger partial charge >= 0.3 is 0 Å². The number of hydrogen-bond donors (Lipinski definition) is 0. The van der Waals surface area contributed by atoms with E-state index in [0.29, 0.717) is 5.92 Å². The maximum Gasteiger partial charge on any atom is 0.123 e. The van der Waals surface area contributed by atoms with Crippen LogP contribution in [0.5, 0.6) is 0 Å². The largest absolute Gasteiger partial charge is 0.309 e. The minimum Gasteiger partial charge on any atom is -0.309 e. The molecule has 0 heterocycles. The summed E-state index contributed by atoms with van der Waals surface area (Å²) in [5, 5.41) is -0.0747. The molecule has 0 amide bonds. The Morgan fingerprint density at radius 1 is 1.50 bits per heavy atom. The predicted octanol–water partition coefficient (Wildman–Crippen LogP) is 2.29. The van der Waals surface area contributed by atoms with Gasteiger partial charge in [-0.2, -0.15) is 0 Å². The van der Waals surface area contributed by atoms with Crippen molar-refractivity contribution in [3.05, 3.63) is 0 Å². The predicted molar refractivity (Wildman–Crippen MR) is 68.8 cm³/mol. The second-order valence-electron chi connectivity index (χ2n) is 5.90. The van der Waals surface area contributed by atoms with E-state index in [2.05, 4.69) is 25.9 Å². The zero-order valence-corrected chi connectivity index (χ0v) is 10.9. The molecule has 1 rings (SSSR count). The first kappa shape index (κ1) is 13.8. The standard InChI is InChI=1S/C13H24BNO/c1-13(14)7-4-5-12(10-16)11(9-13)6-8-15(2)3/h10-12H,4-9H2,1-3H3. The fourth-order valence-corrected chi connectivity index (χ4v) is 2.75. The lowest BCUT2D eigenvalue weighted by molar-refractivity contribution is -0.112. The van der Waals surface area contributed by atoms with Crippen molar-refractivity contribution in [3.63, 3.8) is 0 Å². The lowest BCUT2D eigenvalue weighted by atomic mass is 9.63. The van der Waals surface area contributed by atoms with Crippen LogP contribution in [-0.2, 0) is 4.79 Å². The van der Waals surface area contributed by atoms with E-state index >= 15 is 0 Å².